The minimum atomic E-state index is 0.772. The molecule has 0 aliphatic carbocycles. The molecule has 0 bridgehead atoms. The average Bonchev–Trinajstić information content (AvgIpc) is 2.79. The molecule has 2 rings (SSSR count). The van der Waals surface area contributed by atoms with Gasteiger partial charge in [-0.3, -0.25) is 4.90 Å². The molecule has 1 N–H and O–H groups in total. The molecule has 1 aromatic heterocycles. The van der Waals surface area contributed by atoms with Crippen molar-refractivity contribution in [2.24, 2.45) is 5.92 Å². The Hall–Kier alpha value is -0.490. The van der Waals surface area contributed by atoms with Crippen molar-refractivity contribution in [1.29, 1.82) is 0 Å². The predicted octanol–water partition coefficient (Wildman–Crippen LogP) is 1.64. The second-order valence-electron chi connectivity index (χ2n) is 5.73. The van der Waals surface area contributed by atoms with Gasteiger partial charge in [0.15, 0.2) is 0 Å². The maximum absolute atomic E-state index is 4.66. The van der Waals surface area contributed by atoms with Crippen LogP contribution in [0.1, 0.15) is 24.5 Å². The molecule has 5 heteroatoms. The van der Waals surface area contributed by atoms with Gasteiger partial charge >= 0.3 is 0 Å². The van der Waals surface area contributed by atoms with Gasteiger partial charge in [-0.25, -0.2) is 4.98 Å². The number of hydrogen-bond acceptors (Lipinski definition) is 5. The molecule has 1 aromatic rings. The molecule has 1 saturated heterocycles. The van der Waals surface area contributed by atoms with Crippen LogP contribution < -0.4 is 5.32 Å². The zero-order chi connectivity index (χ0) is 13.7. The molecule has 2 heterocycles. The van der Waals surface area contributed by atoms with E-state index >= 15 is 0 Å². The summed E-state index contributed by atoms with van der Waals surface area (Å²) in [5, 5.41) is 6.54. The summed E-state index contributed by atoms with van der Waals surface area (Å²) in [6, 6.07) is 0. The largest absolute Gasteiger partial charge is 0.314 e. The maximum Gasteiger partial charge on any atom is 0.107 e. The summed E-state index contributed by atoms with van der Waals surface area (Å²) >= 11 is 1.76. The van der Waals surface area contributed by atoms with Crippen molar-refractivity contribution in [3.05, 3.63) is 16.1 Å². The van der Waals surface area contributed by atoms with Crippen molar-refractivity contribution in [2.45, 2.75) is 26.9 Å². The Labute approximate surface area is 120 Å². The van der Waals surface area contributed by atoms with Gasteiger partial charge in [0.25, 0.3) is 0 Å². The van der Waals surface area contributed by atoms with Gasteiger partial charge in [-0.2, -0.15) is 0 Å². The van der Waals surface area contributed by atoms with Crippen LogP contribution >= 0.6 is 11.3 Å². The van der Waals surface area contributed by atoms with Gasteiger partial charge in [-0.15, -0.1) is 11.3 Å². The van der Waals surface area contributed by atoms with E-state index in [1.807, 2.05) is 7.05 Å². The van der Waals surface area contributed by atoms with E-state index < -0.39 is 0 Å². The average molecular weight is 282 g/mol. The summed E-state index contributed by atoms with van der Waals surface area (Å²) in [7, 11) is 1.97. The monoisotopic (exact) mass is 282 g/mol. The fraction of sp³-hybridized carbons (Fsp3) is 0.786. The molecule has 1 aliphatic rings. The molecule has 1 fully saturated rings. The molecule has 19 heavy (non-hydrogen) atoms. The lowest BCUT2D eigenvalue weighted by Gasteiger charge is -2.35. The molecule has 4 nitrogen and oxygen atoms in total. The Kier molecular flexibility index (Phi) is 5.76. The summed E-state index contributed by atoms with van der Waals surface area (Å²) in [4.78, 5) is 9.76. The van der Waals surface area contributed by atoms with Gasteiger partial charge < -0.3 is 10.2 Å². The van der Waals surface area contributed by atoms with Crippen molar-refractivity contribution in [2.75, 3.05) is 39.8 Å². The van der Waals surface area contributed by atoms with Gasteiger partial charge in [0, 0.05) is 51.2 Å². The van der Waals surface area contributed by atoms with Crippen LogP contribution in [-0.4, -0.2) is 54.6 Å². The minimum Gasteiger partial charge on any atom is -0.314 e. The Morgan fingerprint density at radius 1 is 1.26 bits per heavy atom. The predicted molar refractivity (Wildman–Crippen MR) is 81.4 cm³/mol. The van der Waals surface area contributed by atoms with Gasteiger partial charge in [-0.05, 0) is 13.0 Å². The molecule has 0 radical (unpaired) electrons. The van der Waals surface area contributed by atoms with E-state index in [0.717, 1.165) is 19.0 Å². The summed E-state index contributed by atoms with van der Waals surface area (Å²) in [5.74, 6) is 0.772. The first-order chi connectivity index (χ1) is 9.17. The number of nitrogens with one attached hydrogen (secondary N) is 1. The molecule has 0 amide bonds. The van der Waals surface area contributed by atoms with Crippen molar-refractivity contribution >= 4 is 11.3 Å². The third-order valence-electron chi connectivity index (χ3n) is 3.40. The molecule has 1 aliphatic heterocycles. The lowest BCUT2D eigenvalue weighted by Crippen LogP contribution is -2.46. The zero-order valence-electron chi connectivity index (χ0n) is 12.4. The number of piperazine rings is 1. The van der Waals surface area contributed by atoms with Crippen LogP contribution in [0, 0.1) is 5.92 Å². The smallest absolute Gasteiger partial charge is 0.107 e. The van der Waals surface area contributed by atoms with Crippen LogP contribution in [-0.2, 0) is 13.1 Å². The fourth-order valence-electron chi connectivity index (χ4n) is 2.53. The first-order valence-corrected chi connectivity index (χ1v) is 8.08. The van der Waals surface area contributed by atoms with E-state index in [-0.39, 0.29) is 0 Å². The van der Waals surface area contributed by atoms with E-state index in [2.05, 4.69) is 39.3 Å². The minimum absolute atomic E-state index is 0.772. The van der Waals surface area contributed by atoms with Crippen molar-refractivity contribution in [3.8, 4) is 0 Å². The molecule has 0 unspecified atom stereocenters. The summed E-state index contributed by atoms with van der Waals surface area (Å²) in [6.07, 6.45) is 0. The van der Waals surface area contributed by atoms with Crippen LogP contribution in [0.15, 0.2) is 5.38 Å². The highest BCUT2D eigenvalue weighted by molar-refractivity contribution is 7.09. The highest BCUT2D eigenvalue weighted by Crippen LogP contribution is 2.13. The second kappa shape index (κ2) is 7.33. The lowest BCUT2D eigenvalue weighted by atomic mass is 10.2. The van der Waals surface area contributed by atoms with Gasteiger partial charge in [-0.1, -0.05) is 13.8 Å². The molecular weight excluding hydrogens is 256 g/mol. The zero-order valence-corrected chi connectivity index (χ0v) is 13.2. The normalized spacial score (nSPS) is 18.3. The number of thiazole rings is 1. The van der Waals surface area contributed by atoms with Crippen molar-refractivity contribution in [3.63, 3.8) is 0 Å². The van der Waals surface area contributed by atoms with Crippen LogP contribution in [0.25, 0.3) is 0 Å². The van der Waals surface area contributed by atoms with Crippen LogP contribution in [0.3, 0.4) is 0 Å². The van der Waals surface area contributed by atoms with E-state index in [4.69, 9.17) is 0 Å². The number of hydrogen-bond donors (Lipinski definition) is 1. The Morgan fingerprint density at radius 2 is 1.95 bits per heavy atom. The van der Waals surface area contributed by atoms with Crippen LogP contribution in [0.5, 0.6) is 0 Å². The van der Waals surface area contributed by atoms with Gasteiger partial charge in [0.1, 0.15) is 5.01 Å². The molecule has 0 atom stereocenters. The topological polar surface area (TPSA) is 31.4 Å². The summed E-state index contributed by atoms with van der Waals surface area (Å²) < 4.78 is 0. The van der Waals surface area contributed by atoms with Gasteiger partial charge in [0.2, 0.25) is 0 Å². The third kappa shape index (κ3) is 4.84. The molecule has 0 saturated carbocycles. The quantitative estimate of drug-likeness (QED) is 0.859. The van der Waals surface area contributed by atoms with Crippen molar-refractivity contribution in [1.82, 2.24) is 20.1 Å². The van der Waals surface area contributed by atoms with Crippen LogP contribution in [0.2, 0.25) is 0 Å². The first-order valence-electron chi connectivity index (χ1n) is 7.20. The van der Waals surface area contributed by atoms with Crippen LogP contribution in [0.4, 0.5) is 0 Å². The van der Waals surface area contributed by atoms with E-state index in [9.17, 15) is 0 Å². The first kappa shape index (κ1) is 14.9. The molecular formula is C14H26N4S. The Balaban J connectivity index is 1.75. The van der Waals surface area contributed by atoms with E-state index in [0.29, 0.717) is 0 Å². The summed E-state index contributed by atoms with van der Waals surface area (Å²) in [6.45, 7) is 12.5. The molecule has 0 aromatic carbocycles. The third-order valence-corrected chi connectivity index (χ3v) is 4.30. The Morgan fingerprint density at radius 3 is 2.58 bits per heavy atom. The van der Waals surface area contributed by atoms with E-state index in [1.165, 1.54) is 43.4 Å². The Bertz CT molecular complexity index is 369. The maximum atomic E-state index is 4.66. The van der Waals surface area contributed by atoms with Crippen molar-refractivity contribution < 1.29 is 0 Å². The lowest BCUT2D eigenvalue weighted by molar-refractivity contribution is 0.116. The summed E-state index contributed by atoms with van der Waals surface area (Å²) in [5.41, 5.74) is 1.23. The number of nitrogens with zero attached hydrogens (tertiary/aromatic N) is 3. The van der Waals surface area contributed by atoms with E-state index in [1.54, 1.807) is 11.3 Å². The fourth-order valence-corrected chi connectivity index (χ4v) is 3.33. The standard InChI is InChI=1S/C14H26N4S/c1-12(2)9-17-4-6-18(7-5-17)10-13-11-19-14(16-13)8-15-3/h11-12,15H,4-10H2,1-3H3. The van der Waals surface area contributed by atoms with Gasteiger partial charge in [0.05, 0.1) is 5.69 Å². The molecule has 0 spiro atoms. The highest BCUT2D eigenvalue weighted by Gasteiger charge is 2.18. The second-order valence-corrected chi connectivity index (χ2v) is 6.68. The number of rotatable bonds is 6. The molecule has 108 valence electrons. The number of aromatic nitrogens is 1. The SMILES string of the molecule is CNCc1nc(CN2CCN(CC(C)C)CC2)cs1. The highest BCUT2D eigenvalue weighted by atomic mass is 32.1.